The van der Waals surface area contributed by atoms with Crippen molar-refractivity contribution < 1.29 is 63.1 Å². The van der Waals surface area contributed by atoms with Crippen molar-refractivity contribution in [2.24, 2.45) is 11.8 Å². The predicted molar refractivity (Wildman–Crippen MR) is 327 cm³/mol. The Bertz CT molecular complexity index is 3950. The minimum absolute atomic E-state index is 0.0181. The first-order valence-corrected chi connectivity index (χ1v) is 32.3. The third-order valence-electron chi connectivity index (χ3n) is 14.0. The van der Waals surface area contributed by atoms with Gasteiger partial charge in [-0.15, -0.1) is 68.0 Å². The molecule has 1 aliphatic heterocycles. The van der Waals surface area contributed by atoms with Crippen molar-refractivity contribution in [1.29, 1.82) is 0 Å². The van der Waals surface area contributed by atoms with Crippen LogP contribution >= 0.6 is 68.0 Å². The van der Waals surface area contributed by atoms with E-state index >= 15 is 0 Å². The van der Waals surface area contributed by atoms with E-state index in [2.05, 4.69) is 41.5 Å². The molecule has 8 N–H and O–H groups in total. The fraction of sp³-hybridized carbons (Fsp3) is 0.339. The summed E-state index contributed by atoms with van der Waals surface area (Å²) >= 11 is 6.78. The number of nitrogens with zero attached hydrogens (tertiary/aromatic N) is 8. The van der Waals surface area contributed by atoms with Crippen LogP contribution in [-0.2, 0) is 35.3 Å². The highest BCUT2D eigenvalue weighted by Crippen LogP contribution is 2.41. The molecule has 7 aromatic heterocycles. The van der Waals surface area contributed by atoms with Crippen LogP contribution in [0.25, 0.3) is 43.4 Å². The van der Waals surface area contributed by atoms with Crippen LogP contribution in [0.4, 0.5) is 10.6 Å². The van der Waals surface area contributed by atoms with Crippen LogP contribution in [0, 0.1) is 18.8 Å². The van der Waals surface area contributed by atoms with E-state index in [4.69, 9.17) is 29.4 Å². The maximum Gasteiger partial charge on any atom is 0.416 e. The number of amides is 6. The van der Waals surface area contributed by atoms with E-state index in [-0.39, 0.29) is 76.1 Å². The van der Waals surface area contributed by atoms with Crippen LogP contribution in [-0.4, -0.2) is 131 Å². The van der Waals surface area contributed by atoms with Crippen LogP contribution in [0.2, 0.25) is 0 Å². The number of aliphatic hydroxyl groups excluding tert-OH is 1. The molecule has 0 spiro atoms. The highest BCUT2D eigenvalue weighted by molar-refractivity contribution is 7.15. The van der Waals surface area contributed by atoms with Gasteiger partial charge in [0, 0.05) is 46.1 Å². The Kier molecular flexibility index (Phi) is 19.5. The summed E-state index contributed by atoms with van der Waals surface area (Å²) in [7, 11) is 2.90. The van der Waals surface area contributed by atoms with Crippen molar-refractivity contribution in [3.05, 3.63) is 111 Å². The summed E-state index contributed by atoms with van der Waals surface area (Å²) in [6.45, 7) is 4.04. The van der Waals surface area contributed by atoms with Gasteiger partial charge in [-0.05, 0) is 49.8 Å². The summed E-state index contributed by atoms with van der Waals surface area (Å²) < 4.78 is 11.0. The number of anilines is 1. The van der Waals surface area contributed by atoms with E-state index in [1.807, 2.05) is 13.8 Å². The van der Waals surface area contributed by atoms with Gasteiger partial charge in [0.15, 0.2) is 0 Å². The second-order valence-corrected chi connectivity index (χ2v) is 26.3. The number of ether oxygens (including phenoxy) is 2. The fourth-order valence-electron chi connectivity index (χ4n) is 9.55. The molecule has 26 nitrogen and oxygen atoms in total. The third kappa shape index (κ3) is 14.1. The molecule has 2 aliphatic rings. The van der Waals surface area contributed by atoms with Crippen LogP contribution < -0.4 is 31.5 Å². The molecule has 10 bridgehead atoms. The lowest BCUT2D eigenvalue weighted by Crippen LogP contribution is -2.40. The van der Waals surface area contributed by atoms with E-state index in [1.54, 1.807) is 60.1 Å². The number of aryl methyl sites for hydroxylation is 1. The molecule has 1 saturated carbocycles. The minimum Gasteiger partial charge on any atom is -0.481 e. The smallest absolute Gasteiger partial charge is 0.416 e. The van der Waals surface area contributed by atoms with Crippen LogP contribution in [0.1, 0.15) is 126 Å². The highest BCUT2D eigenvalue weighted by atomic mass is 32.1. The van der Waals surface area contributed by atoms with Crippen molar-refractivity contribution >= 4 is 121 Å². The van der Waals surface area contributed by atoms with E-state index in [0.29, 0.717) is 58.7 Å². The molecular formula is C56H55N13O13S6. The third-order valence-corrected chi connectivity index (χ3v) is 19.7. The number of carboxylic acid groups (broad SMARTS) is 2. The Morgan fingerprint density at radius 3 is 2.16 bits per heavy atom. The number of nitrogens with one attached hydrogen (secondary N) is 5. The monoisotopic (exact) mass is 1310 g/mol. The molecule has 8 aromatic rings. The first kappa shape index (κ1) is 62.7. The normalized spacial score (nSPS) is 18.6. The summed E-state index contributed by atoms with van der Waals surface area (Å²) in [6.07, 6.45) is -2.68. The summed E-state index contributed by atoms with van der Waals surface area (Å²) in [5.41, 5.74) is 2.06. The summed E-state index contributed by atoms with van der Waals surface area (Å²) in [4.78, 5) is 142. The van der Waals surface area contributed by atoms with Gasteiger partial charge in [0.2, 0.25) is 11.8 Å². The van der Waals surface area contributed by atoms with E-state index in [0.717, 1.165) is 61.6 Å². The topological polar surface area (TPSA) is 369 Å². The SMILES string of the molecule is CNC(=O)C[C@@H]1NC(=O)c2csc(n2)-c2ccc(-c3nc(N(CC(=O)O)C(=O)O[C@H]4CC[C@H](C(=O)O)C4)cs3)nc2-c2csc(n2)-c2csc(n2)[C@H]([C@@H](O)c2ccccc2)NC(=O)CNC(=O)c2nc(sc2COC)C(C(C)C)NC(=O)c2nc1sc2C. The van der Waals surface area contributed by atoms with E-state index < -0.39 is 96.9 Å². The number of carboxylic acids is 2. The number of methoxy groups -OCH3 is 1. The van der Waals surface area contributed by atoms with Gasteiger partial charge in [-0.1, -0.05) is 44.2 Å². The zero-order chi connectivity index (χ0) is 62.5. The standard InChI is InChI=1S/C56H55N13O13S6/c1-24(2)40-54-68-43(35(88-54)19-81-5)47(76)58-17-38(71)65-44(45(74)26-9-7-6-8-10-26)53-63-34(22-85-53)51-61-32(20-84-51)42-29(49-62-33(21-83-49)46(75)60-31(16-37(70)57-4)52-67-41(25(3)87-52)48(77)66-40)13-14-30(59-42)50-64-36(23-86-50)69(18-39(72)73)56(80)82-28-12-11-27(15-28)55(78)79/h6-10,13-14,20-24,27-28,31,40,44-45,74H,11-12,15-19H2,1-5H3,(H,57,70)(H,58,76)(H,60,75)(H,65,71)(H,66,77)(H,72,73)(H,78,79)/t27-,28-,31-,40?,44-,45-/m0/s1. The van der Waals surface area contributed by atoms with Crippen molar-refractivity contribution in [1.82, 2.24) is 61.5 Å². The molecule has 1 aromatic carbocycles. The number of carbonyl (C=O) groups is 8. The minimum atomic E-state index is -1.36. The van der Waals surface area contributed by atoms with Crippen molar-refractivity contribution in [3.63, 3.8) is 0 Å². The molecule has 458 valence electrons. The molecule has 1 unspecified atom stereocenters. The highest BCUT2D eigenvalue weighted by Gasteiger charge is 2.36. The zero-order valence-corrected chi connectivity index (χ0v) is 52.2. The molecule has 88 heavy (non-hydrogen) atoms. The van der Waals surface area contributed by atoms with Gasteiger partial charge in [-0.25, -0.2) is 44.6 Å². The number of carbonyl (C=O) groups excluding carboxylic acids is 6. The van der Waals surface area contributed by atoms with E-state index in [9.17, 15) is 53.7 Å². The lowest BCUT2D eigenvalue weighted by atomic mass is 10.0. The average Bonchev–Trinajstić information content (AvgIpc) is 2.64. The molecule has 6 atom stereocenters. The Labute approximate surface area is 524 Å². The number of hydrogen-bond acceptors (Lipinski definition) is 24. The first-order valence-electron chi connectivity index (χ1n) is 27.1. The zero-order valence-electron chi connectivity index (χ0n) is 47.3. The Morgan fingerprint density at radius 2 is 1.43 bits per heavy atom. The van der Waals surface area contributed by atoms with Gasteiger partial charge in [0.05, 0.1) is 48.1 Å². The lowest BCUT2D eigenvalue weighted by Gasteiger charge is -2.23. The molecular weight excluding hydrogens is 1260 g/mol. The molecule has 1 fully saturated rings. The van der Waals surface area contributed by atoms with Crippen molar-refractivity contribution in [2.45, 2.75) is 83.4 Å². The summed E-state index contributed by atoms with van der Waals surface area (Å²) in [5, 5.41) is 53.6. The average molecular weight is 1310 g/mol. The Balaban J connectivity index is 1.04. The predicted octanol–water partition coefficient (Wildman–Crippen LogP) is 7.59. The number of fused-ring (bicyclic) bond motifs is 14. The van der Waals surface area contributed by atoms with Crippen molar-refractivity contribution in [2.75, 3.05) is 32.1 Å². The van der Waals surface area contributed by atoms with Crippen LogP contribution in [0.3, 0.4) is 0 Å². The van der Waals surface area contributed by atoms with E-state index in [1.165, 1.54) is 36.3 Å². The number of aromatic nitrogens is 7. The van der Waals surface area contributed by atoms with Gasteiger partial charge in [0.1, 0.15) is 94.8 Å². The number of hydrogen-bond donors (Lipinski definition) is 8. The second kappa shape index (κ2) is 27.3. The number of aliphatic hydroxyl groups is 1. The number of thiazole rings is 6. The maximum absolute atomic E-state index is 14.4. The fourth-order valence-corrected chi connectivity index (χ4v) is 15.1. The Hall–Kier alpha value is -8.37. The number of pyridine rings is 1. The number of benzene rings is 1. The van der Waals surface area contributed by atoms with Gasteiger partial charge in [-0.2, -0.15) is 0 Å². The summed E-state index contributed by atoms with van der Waals surface area (Å²) in [6, 6.07) is 9.07. The molecule has 8 heterocycles. The Morgan fingerprint density at radius 1 is 0.716 bits per heavy atom. The summed E-state index contributed by atoms with van der Waals surface area (Å²) in [5.74, 6) is -6.46. The molecule has 0 radical (unpaired) electrons. The largest absolute Gasteiger partial charge is 0.481 e. The van der Waals surface area contributed by atoms with Gasteiger partial charge in [0.25, 0.3) is 17.7 Å². The van der Waals surface area contributed by atoms with Crippen LogP contribution in [0.5, 0.6) is 0 Å². The quantitative estimate of drug-likeness (QED) is 0.0551. The maximum atomic E-state index is 14.4. The van der Waals surface area contributed by atoms with Crippen LogP contribution in [0.15, 0.2) is 64.0 Å². The van der Waals surface area contributed by atoms with Gasteiger partial charge < -0.3 is 51.4 Å². The second-order valence-electron chi connectivity index (χ2n) is 20.5. The molecule has 6 amide bonds. The number of aliphatic carboxylic acids is 2. The molecule has 0 saturated heterocycles. The molecule has 10 rings (SSSR count). The van der Waals surface area contributed by atoms with Gasteiger partial charge >= 0.3 is 18.0 Å². The lowest BCUT2D eigenvalue weighted by molar-refractivity contribution is -0.141. The molecule has 32 heteroatoms. The van der Waals surface area contributed by atoms with Crippen molar-refractivity contribution in [3.8, 4) is 43.4 Å². The van der Waals surface area contributed by atoms with Gasteiger partial charge in [-0.3, -0.25) is 33.6 Å². The number of rotatable bonds is 13. The molecule has 1 aliphatic carbocycles. The first-order chi connectivity index (χ1) is 42.2.